The molecule has 0 unspecified atom stereocenters. The second kappa shape index (κ2) is 14.5. The molecule has 2 N–H and O–H groups in total. The van der Waals surface area contributed by atoms with Gasteiger partial charge in [0, 0.05) is 0 Å². The molecule has 7 aromatic carbocycles. The fraction of sp³-hybridized carbons (Fsp3) is 0.125. The molecular formula is C48H45O3P. The first-order valence-electron chi connectivity index (χ1n) is 17.9. The van der Waals surface area contributed by atoms with Crippen LogP contribution in [0.5, 0.6) is 17.2 Å². The quantitative estimate of drug-likeness (QED) is 0.132. The van der Waals surface area contributed by atoms with E-state index in [1.54, 1.807) is 12.1 Å². The molecule has 0 fully saturated rings. The van der Waals surface area contributed by atoms with Gasteiger partial charge in [-0.15, -0.1) is 0 Å². The number of rotatable bonds is 11. The number of aryl methyl sites for hydroxylation is 3. The fourth-order valence-corrected chi connectivity index (χ4v) is 13.5. The summed E-state index contributed by atoms with van der Waals surface area (Å²) in [5.74, 6) is 1.29. The Morgan fingerprint density at radius 3 is 1.19 bits per heavy atom. The molecule has 0 spiro atoms. The van der Waals surface area contributed by atoms with Crippen molar-refractivity contribution >= 4 is 22.7 Å². The molecule has 0 atom stereocenters. The van der Waals surface area contributed by atoms with Crippen LogP contribution in [0.4, 0.5) is 0 Å². The van der Waals surface area contributed by atoms with Crippen molar-refractivity contribution in [1.82, 2.24) is 0 Å². The number of phenolic OH excluding ortho intramolecular Hbond substituents is 2. The number of benzene rings is 7. The molecule has 7 rings (SSSR count). The summed E-state index contributed by atoms with van der Waals surface area (Å²) in [6.45, 7) is 2.22. The topological polar surface area (TPSA) is 49.7 Å². The summed E-state index contributed by atoms with van der Waals surface area (Å²) >= 11 is 0. The molecule has 0 bridgehead atoms. The number of hydrogen-bond acceptors (Lipinski definition) is 3. The molecule has 260 valence electrons. The maximum atomic E-state index is 11.2. The number of hydrogen-bond donors (Lipinski definition) is 2. The Morgan fingerprint density at radius 1 is 0.423 bits per heavy atom. The minimum absolute atomic E-state index is 0.256. The SMILES string of the molecule is Cc1ccc(O)c(Cc2cc(C)cc(Cc3cc(C)ccc3O)c2OP(Cc2ccccc2)(c2ccccc2)(c2ccccc2)c2ccccc2)c1. The third-order valence-corrected chi connectivity index (χ3v) is 15.9. The average Bonchev–Trinajstić information content (AvgIpc) is 3.17. The molecule has 0 saturated carbocycles. The first kappa shape index (κ1) is 34.8. The van der Waals surface area contributed by atoms with Gasteiger partial charge in [-0.1, -0.05) is 0 Å². The van der Waals surface area contributed by atoms with Crippen LogP contribution < -0.4 is 20.4 Å². The van der Waals surface area contributed by atoms with E-state index in [2.05, 4.69) is 166 Å². The van der Waals surface area contributed by atoms with Gasteiger partial charge >= 0.3 is 309 Å². The van der Waals surface area contributed by atoms with Gasteiger partial charge in [-0.05, 0) is 0 Å². The van der Waals surface area contributed by atoms with Crippen LogP contribution in [0.1, 0.15) is 44.5 Å². The zero-order chi connectivity index (χ0) is 36.2. The normalized spacial score (nSPS) is 12.2. The van der Waals surface area contributed by atoms with Gasteiger partial charge in [0.2, 0.25) is 0 Å². The van der Waals surface area contributed by atoms with Crippen molar-refractivity contribution in [1.29, 1.82) is 0 Å². The van der Waals surface area contributed by atoms with Gasteiger partial charge in [0.25, 0.3) is 0 Å². The molecule has 7 aromatic rings. The van der Waals surface area contributed by atoms with Crippen molar-refractivity contribution in [3.63, 3.8) is 0 Å². The third kappa shape index (κ3) is 6.61. The summed E-state index contributed by atoms with van der Waals surface area (Å²) in [4.78, 5) is 0. The van der Waals surface area contributed by atoms with E-state index in [9.17, 15) is 10.2 Å². The van der Waals surface area contributed by atoms with E-state index in [1.165, 1.54) is 5.56 Å². The van der Waals surface area contributed by atoms with E-state index in [4.69, 9.17) is 4.52 Å². The summed E-state index contributed by atoms with van der Waals surface area (Å²) < 4.78 is 8.32. The van der Waals surface area contributed by atoms with Crippen molar-refractivity contribution in [3.8, 4) is 17.2 Å². The Kier molecular flexibility index (Phi) is 9.73. The molecule has 4 heteroatoms. The van der Waals surface area contributed by atoms with Crippen molar-refractivity contribution in [2.75, 3.05) is 0 Å². The molecule has 0 aliphatic rings. The molecule has 0 aliphatic heterocycles. The van der Waals surface area contributed by atoms with Gasteiger partial charge in [0.05, 0.1) is 0 Å². The second-order valence-corrected chi connectivity index (χ2v) is 18.5. The Hall–Kier alpha value is -5.63. The van der Waals surface area contributed by atoms with Crippen molar-refractivity contribution < 1.29 is 14.7 Å². The number of phenols is 2. The Bertz CT molecular complexity index is 2130. The first-order chi connectivity index (χ1) is 25.2. The average molecular weight is 701 g/mol. The van der Waals surface area contributed by atoms with E-state index >= 15 is 0 Å². The van der Waals surface area contributed by atoms with E-state index in [1.807, 2.05) is 12.1 Å². The molecule has 0 radical (unpaired) electrons. The summed E-state index contributed by atoms with van der Waals surface area (Å²) in [6.07, 6.45) is 1.55. The van der Waals surface area contributed by atoms with Crippen LogP contribution in [-0.2, 0) is 19.0 Å². The maximum absolute atomic E-state index is 11.2. The van der Waals surface area contributed by atoms with Crippen LogP contribution in [-0.4, -0.2) is 10.2 Å². The molecule has 0 heterocycles. The minimum atomic E-state index is -3.99. The fourth-order valence-electron chi connectivity index (χ4n) is 7.71. The predicted octanol–water partition coefficient (Wildman–Crippen LogP) is 10.2. The third-order valence-electron chi connectivity index (χ3n) is 10.1. The van der Waals surface area contributed by atoms with Crippen LogP contribution in [0.25, 0.3) is 0 Å². The molecule has 0 amide bonds. The van der Waals surface area contributed by atoms with Crippen LogP contribution in [0.2, 0.25) is 0 Å². The zero-order valence-electron chi connectivity index (χ0n) is 30.0. The van der Waals surface area contributed by atoms with Crippen LogP contribution in [0.15, 0.2) is 170 Å². The van der Waals surface area contributed by atoms with Gasteiger partial charge in [-0.3, -0.25) is 0 Å². The first-order valence-corrected chi connectivity index (χ1v) is 20.2. The summed E-state index contributed by atoms with van der Waals surface area (Å²) in [7, 11) is 0. The molecule has 3 nitrogen and oxygen atoms in total. The molecule has 52 heavy (non-hydrogen) atoms. The van der Waals surface area contributed by atoms with Crippen molar-refractivity contribution in [2.24, 2.45) is 0 Å². The zero-order valence-corrected chi connectivity index (χ0v) is 30.9. The molecule has 0 saturated heterocycles. The molecule has 0 aliphatic carbocycles. The van der Waals surface area contributed by atoms with Crippen LogP contribution >= 0.6 is 6.83 Å². The van der Waals surface area contributed by atoms with Crippen LogP contribution in [0, 0.1) is 20.8 Å². The standard InChI is InChI=1S/C48H45O3P/c1-35-24-26-46(49)39(28-35)32-41-30-37(3)31-42(33-40-29-36(2)25-27-47(40)50)48(41)51-52(43-18-10-5-11-19-43,44-20-12-6-13-21-44,45-22-14-7-15-23-45)34-38-16-8-4-9-17-38/h4-31,49-50H,32-34H2,1-3H3. The van der Waals surface area contributed by atoms with Gasteiger partial charge in [-0.2, -0.15) is 0 Å². The van der Waals surface area contributed by atoms with E-state index in [0.29, 0.717) is 19.0 Å². The Morgan fingerprint density at radius 2 is 0.788 bits per heavy atom. The summed E-state index contributed by atoms with van der Waals surface area (Å²) in [5, 5.41) is 25.7. The van der Waals surface area contributed by atoms with Gasteiger partial charge in [0.1, 0.15) is 0 Å². The van der Waals surface area contributed by atoms with Gasteiger partial charge < -0.3 is 0 Å². The van der Waals surface area contributed by atoms with Crippen molar-refractivity contribution in [2.45, 2.75) is 39.8 Å². The summed E-state index contributed by atoms with van der Waals surface area (Å²) in [5.41, 5.74) is 8.04. The number of aromatic hydroxyl groups is 2. The van der Waals surface area contributed by atoms with Crippen molar-refractivity contribution in [3.05, 3.63) is 214 Å². The summed E-state index contributed by atoms with van der Waals surface area (Å²) in [6, 6.07) is 58.9. The molecule has 0 aromatic heterocycles. The van der Waals surface area contributed by atoms with E-state index in [0.717, 1.165) is 60.6 Å². The molecular weight excluding hydrogens is 655 g/mol. The second-order valence-electron chi connectivity index (χ2n) is 14.0. The van der Waals surface area contributed by atoms with E-state index < -0.39 is 6.83 Å². The van der Waals surface area contributed by atoms with E-state index in [-0.39, 0.29) is 11.5 Å². The van der Waals surface area contributed by atoms with Crippen LogP contribution in [0.3, 0.4) is 0 Å². The predicted molar refractivity (Wildman–Crippen MR) is 218 cm³/mol. The van der Waals surface area contributed by atoms with Gasteiger partial charge in [0.15, 0.2) is 0 Å². The van der Waals surface area contributed by atoms with Gasteiger partial charge in [-0.25, -0.2) is 0 Å². The monoisotopic (exact) mass is 700 g/mol. The Balaban J connectivity index is 1.61. The Labute approximate surface area is 307 Å².